The van der Waals surface area contributed by atoms with Gasteiger partial charge >= 0.3 is 5.97 Å². The van der Waals surface area contributed by atoms with Crippen molar-refractivity contribution in [1.29, 1.82) is 0 Å². The molecule has 1 atom stereocenters. The standard InChI is InChI=1S/C20H23NO3S/c1-20(2,3)25-14-7-5-6-13(12-14)18(22)17-9-8-16-15(19(23)24-4)10-11-21(16)17/h5-9,12,15H,10-11H2,1-4H3. The Hall–Kier alpha value is -2.01. The summed E-state index contributed by atoms with van der Waals surface area (Å²) >= 11 is 1.74. The van der Waals surface area contributed by atoms with E-state index in [0.29, 0.717) is 24.2 Å². The summed E-state index contributed by atoms with van der Waals surface area (Å²) in [5.41, 5.74) is 2.19. The average molecular weight is 357 g/mol. The fraction of sp³-hybridized carbons (Fsp3) is 0.400. The maximum absolute atomic E-state index is 13.0. The van der Waals surface area contributed by atoms with E-state index in [1.54, 1.807) is 11.8 Å². The highest BCUT2D eigenvalue weighted by Crippen LogP contribution is 2.34. The van der Waals surface area contributed by atoms with Crippen molar-refractivity contribution < 1.29 is 14.3 Å². The third-order valence-electron chi connectivity index (χ3n) is 4.25. The first-order chi connectivity index (χ1) is 11.8. The van der Waals surface area contributed by atoms with Crippen LogP contribution < -0.4 is 0 Å². The lowest BCUT2D eigenvalue weighted by molar-refractivity contribution is -0.142. The molecule has 0 amide bonds. The Morgan fingerprint density at radius 2 is 1.96 bits per heavy atom. The maximum Gasteiger partial charge on any atom is 0.314 e. The monoisotopic (exact) mass is 357 g/mol. The van der Waals surface area contributed by atoms with Crippen molar-refractivity contribution in [2.24, 2.45) is 0 Å². The molecule has 4 nitrogen and oxygen atoms in total. The summed E-state index contributed by atoms with van der Waals surface area (Å²) in [4.78, 5) is 25.9. The SMILES string of the molecule is COC(=O)C1CCn2c(C(=O)c3cccc(SC(C)(C)C)c3)ccc21. The third-order valence-corrected chi connectivity index (χ3v) is 5.35. The van der Waals surface area contributed by atoms with Crippen molar-refractivity contribution in [1.82, 2.24) is 4.57 Å². The number of carbonyl (C=O) groups excluding carboxylic acids is 2. The van der Waals surface area contributed by atoms with Gasteiger partial charge in [0.25, 0.3) is 0 Å². The van der Waals surface area contributed by atoms with Crippen molar-refractivity contribution in [3.05, 3.63) is 53.3 Å². The van der Waals surface area contributed by atoms with Gasteiger partial charge in [-0.25, -0.2) is 0 Å². The number of nitrogens with zero attached hydrogens (tertiary/aromatic N) is 1. The summed E-state index contributed by atoms with van der Waals surface area (Å²) in [6, 6.07) is 11.4. The molecule has 0 bridgehead atoms. The molecule has 1 aromatic carbocycles. The molecule has 5 heteroatoms. The van der Waals surface area contributed by atoms with Gasteiger partial charge in [0.2, 0.25) is 5.78 Å². The topological polar surface area (TPSA) is 48.3 Å². The van der Waals surface area contributed by atoms with E-state index in [1.165, 1.54) is 7.11 Å². The van der Waals surface area contributed by atoms with Crippen LogP contribution in [0.15, 0.2) is 41.3 Å². The van der Waals surface area contributed by atoms with Gasteiger partial charge in [0.15, 0.2) is 0 Å². The van der Waals surface area contributed by atoms with Crippen LogP contribution in [0.2, 0.25) is 0 Å². The van der Waals surface area contributed by atoms with Gasteiger partial charge in [-0.05, 0) is 30.7 Å². The Balaban J connectivity index is 1.88. The average Bonchev–Trinajstić information content (AvgIpc) is 3.13. The number of ketones is 1. The molecule has 0 spiro atoms. The van der Waals surface area contributed by atoms with Crippen LogP contribution in [-0.2, 0) is 16.1 Å². The first-order valence-corrected chi connectivity index (χ1v) is 9.23. The van der Waals surface area contributed by atoms with Crippen molar-refractivity contribution in [3.63, 3.8) is 0 Å². The molecular weight excluding hydrogens is 334 g/mol. The quantitative estimate of drug-likeness (QED) is 0.466. The van der Waals surface area contributed by atoms with E-state index in [-0.39, 0.29) is 22.4 Å². The van der Waals surface area contributed by atoms with E-state index in [2.05, 4.69) is 20.8 Å². The summed E-state index contributed by atoms with van der Waals surface area (Å²) in [6.07, 6.45) is 0.684. The molecule has 0 saturated carbocycles. The largest absolute Gasteiger partial charge is 0.469 e. The van der Waals surface area contributed by atoms with Crippen LogP contribution in [0.4, 0.5) is 0 Å². The zero-order valence-electron chi connectivity index (χ0n) is 15.0. The Kier molecular flexibility index (Phi) is 4.78. The van der Waals surface area contributed by atoms with Crippen LogP contribution in [0.25, 0.3) is 0 Å². The molecule has 1 aliphatic heterocycles. The van der Waals surface area contributed by atoms with Gasteiger partial charge in [0.05, 0.1) is 18.7 Å². The molecule has 0 fully saturated rings. The number of methoxy groups -OCH3 is 1. The molecule has 0 N–H and O–H groups in total. The summed E-state index contributed by atoms with van der Waals surface area (Å²) in [6.45, 7) is 7.12. The summed E-state index contributed by atoms with van der Waals surface area (Å²) in [5, 5.41) is 0. The number of esters is 1. The second-order valence-electron chi connectivity index (χ2n) is 7.23. The van der Waals surface area contributed by atoms with Crippen molar-refractivity contribution in [3.8, 4) is 0 Å². The van der Waals surface area contributed by atoms with Gasteiger partial charge in [0.1, 0.15) is 0 Å². The van der Waals surface area contributed by atoms with Crippen molar-refractivity contribution >= 4 is 23.5 Å². The van der Waals surface area contributed by atoms with Crippen molar-refractivity contribution in [2.75, 3.05) is 7.11 Å². The number of benzene rings is 1. The highest BCUT2D eigenvalue weighted by atomic mass is 32.2. The Bertz CT molecular complexity index is 817. The van der Waals surface area contributed by atoms with E-state index >= 15 is 0 Å². The van der Waals surface area contributed by atoms with Gasteiger partial charge in [-0.15, -0.1) is 11.8 Å². The van der Waals surface area contributed by atoms with Crippen molar-refractivity contribution in [2.45, 2.75) is 49.3 Å². The number of carbonyl (C=O) groups is 2. The summed E-state index contributed by atoms with van der Waals surface area (Å²) in [5.74, 6) is -0.512. The molecule has 3 rings (SSSR count). The highest BCUT2D eigenvalue weighted by molar-refractivity contribution is 8.00. The molecule has 1 aromatic heterocycles. The van der Waals surface area contributed by atoms with Gasteiger partial charge in [-0.3, -0.25) is 9.59 Å². The lowest BCUT2D eigenvalue weighted by atomic mass is 10.1. The number of hydrogen-bond acceptors (Lipinski definition) is 4. The number of aromatic nitrogens is 1. The number of thioether (sulfide) groups is 1. The number of fused-ring (bicyclic) bond motifs is 1. The molecule has 25 heavy (non-hydrogen) atoms. The summed E-state index contributed by atoms with van der Waals surface area (Å²) < 4.78 is 6.91. The first-order valence-electron chi connectivity index (χ1n) is 8.41. The second kappa shape index (κ2) is 6.71. The molecule has 2 heterocycles. The smallest absolute Gasteiger partial charge is 0.314 e. The number of hydrogen-bond donors (Lipinski definition) is 0. The van der Waals surface area contributed by atoms with Crippen LogP contribution in [-0.4, -0.2) is 28.2 Å². The Labute approximate surface area is 152 Å². The fourth-order valence-electron chi connectivity index (χ4n) is 3.22. The minimum absolute atomic E-state index is 0.00637. The predicted octanol–water partition coefficient (Wildman–Crippen LogP) is 4.27. The van der Waals surface area contributed by atoms with Crippen LogP contribution in [0.3, 0.4) is 0 Å². The van der Waals surface area contributed by atoms with Crippen LogP contribution in [0, 0.1) is 0 Å². The van der Waals surface area contributed by atoms with Gasteiger partial charge < -0.3 is 9.30 Å². The molecule has 2 aromatic rings. The fourth-order valence-corrected chi connectivity index (χ4v) is 4.26. The van der Waals surface area contributed by atoms with Crippen LogP contribution >= 0.6 is 11.8 Å². The molecule has 1 unspecified atom stereocenters. The lowest BCUT2D eigenvalue weighted by Crippen LogP contribution is -2.12. The van der Waals surface area contributed by atoms with Crippen LogP contribution in [0.5, 0.6) is 0 Å². The second-order valence-corrected chi connectivity index (χ2v) is 9.13. The number of rotatable bonds is 4. The van der Waals surface area contributed by atoms with Gasteiger partial charge in [0, 0.05) is 27.4 Å². The molecule has 132 valence electrons. The zero-order chi connectivity index (χ0) is 18.2. The first kappa shape index (κ1) is 17.8. The molecule has 0 saturated heterocycles. The van der Waals surface area contributed by atoms with E-state index in [9.17, 15) is 9.59 Å². The molecule has 0 radical (unpaired) electrons. The minimum atomic E-state index is -0.269. The molecule has 1 aliphatic rings. The molecular formula is C20H23NO3S. The summed E-state index contributed by atoms with van der Waals surface area (Å²) in [7, 11) is 1.40. The zero-order valence-corrected chi connectivity index (χ0v) is 15.9. The van der Waals surface area contributed by atoms with E-state index in [4.69, 9.17) is 4.74 Å². The van der Waals surface area contributed by atoms with Gasteiger partial charge in [-0.2, -0.15) is 0 Å². The Morgan fingerprint density at radius 1 is 1.20 bits per heavy atom. The van der Waals surface area contributed by atoms with Gasteiger partial charge in [-0.1, -0.05) is 32.9 Å². The maximum atomic E-state index is 13.0. The van der Waals surface area contributed by atoms with E-state index in [0.717, 1.165) is 10.6 Å². The highest BCUT2D eigenvalue weighted by Gasteiger charge is 2.32. The third kappa shape index (κ3) is 3.66. The predicted molar refractivity (Wildman–Crippen MR) is 99.3 cm³/mol. The number of ether oxygens (including phenoxy) is 1. The Morgan fingerprint density at radius 3 is 2.64 bits per heavy atom. The normalized spacial score (nSPS) is 16.6. The molecule has 0 aliphatic carbocycles. The van der Waals surface area contributed by atoms with E-state index in [1.807, 2.05) is 41.0 Å². The minimum Gasteiger partial charge on any atom is -0.469 e. The van der Waals surface area contributed by atoms with Crippen LogP contribution in [0.1, 0.15) is 54.9 Å². The van der Waals surface area contributed by atoms with E-state index < -0.39 is 0 Å². The lowest BCUT2D eigenvalue weighted by Gasteiger charge is -2.17.